The first-order valence-electron chi connectivity index (χ1n) is 6.66. The van der Waals surface area contributed by atoms with Gasteiger partial charge in [0.2, 0.25) is 11.8 Å². The molecular formula is C15H16ClN3O2. The van der Waals surface area contributed by atoms with Gasteiger partial charge < -0.3 is 16.0 Å². The summed E-state index contributed by atoms with van der Waals surface area (Å²) in [4.78, 5) is 25.1. The maximum atomic E-state index is 12.0. The van der Waals surface area contributed by atoms with Crippen LogP contribution in [0.15, 0.2) is 18.2 Å². The fraction of sp³-hybridized carbons (Fsp3) is 0.333. The Hall–Kier alpha value is -2.03. The first-order valence-corrected chi connectivity index (χ1v) is 7.04. The van der Waals surface area contributed by atoms with Gasteiger partial charge in [0.25, 0.3) is 0 Å². The molecule has 1 aliphatic rings. The second kappa shape index (κ2) is 7.11. The maximum Gasteiger partial charge on any atom is 0.244 e. The second-order valence-corrected chi connectivity index (χ2v) is 5.10. The standard InChI is InChI=1S/C15H16ClN3O2/c16-12-5-6-13(11(9-12)3-1-7-17)18-14(20)10-19-8-2-4-15(19)21/h5-6,9H,2,4,7-8,10,17H2,(H,18,20). The van der Waals surface area contributed by atoms with Crippen molar-refractivity contribution in [2.24, 2.45) is 5.73 Å². The number of amides is 2. The minimum atomic E-state index is -0.247. The van der Waals surface area contributed by atoms with Crippen LogP contribution < -0.4 is 11.1 Å². The molecule has 3 N–H and O–H groups in total. The number of likely N-dealkylation sites (tertiary alicyclic amines) is 1. The lowest BCUT2D eigenvalue weighted by molar-refractivity contribution is -0.131. The third kappa shape index (κ3) is 4.22. The van der Waals surface area contributed by atoms with Gasteiger partial charge in [-0.1, -0.05) is 23.4 Å². The number of anilines is 1. The summed E-state index contributed by atoms with van der Waals surface area (Å²) in [5.74, 6) is 5.37. The minimum absolute atomic E-state index is 0.0180. The summed E-state index contributed by atoms with van der Waals surface area (Å²) in [6, 6.07) is 5.03. The van der Waals surface area contributed by atoms with Gasteiger partial charge in [0.15, 0.2) is 0 Å². The largest absolute Gasteiger partial charge is 0.333 e. The van der Waals surface area contributed by atoms with Crippen molar-refractivity contribution in [1.82, 2.24) is 4.90 Å². The molecule has 1 saturated heterocycles. The highest BCUT2D eigenvalue weighted by atomic mass is 35.5. The molecule has 1 aliphatic heterocycles. The van der Waals surface area contributed by atoms with Crippen LogP contribution in [0.2, 0.25) is 5.02 Å². The molecule has 110 valence electrons. The van der Waals surface area contributed by atoms with Crippen molar-refractivity contribution in [3.8, 4) is 11.8 Å². The van der Waals surface area contributed by atoms with Crippen LogP contribution in [0, 0.1) is 11.8 Å². The molecule has 0 radical (unpaired) electrons. The number of nitrogens with one attached hydrogen (secondary N) is 1. The molecule has 0 aliphatic carbocycles. The molecule has 1 fully saturated rings. The Morgan fingerprint density at radius 3 is 2.95 bits per heavy atom. The van der Waals surface area contributed by atoms with E-state index in [2.05, 4.69) is 17.2 Å². The number of nitrogens with two attached hydrogens (primary N) is 1. The number of benzene rings is 1. The Bertz CT molecular complexity index is 619. The molecule has 1 heterocycles. The summed E-state index contributed by atoms with van der Waals surface area (Å²) in [5.41, 5.74) is 6.52. The van der Waals surface area contributed by atoms with Gasteiger partial charge in [-0.25, -0.2) is 0 Å². The van der Waals surface area contributed by atoms with Crippen molar-refractivity contribution < 1.29 is 9.59 Å². The molecule has 5 nitrogen and oxygen atoms in total. The summed E-state index contributed by atoms with van der Waals surface area (Å²) >= 11 is 5.92. The third-order valence-electron chi connectivity index (χ3n) is 3.09. The van der Waals surface area contributed by atoms with Crippen molar-refractivity contribution in [1.29, 1.82) is 0 Å². The molecule has 0 atom stereocenters. The molecule has 2 amide bonds. The zero-order chi connectivity index (χ0) is 15.2. The van der Waals surface area contributed by atoms with Crippen LogP contribution in [0.5, 0.6) is 0 Å². The number of halogens is 1. The van der Waals surface area contributed by atoms with Crippen molar-refractivity contribution in [3.63, 3.8) is 0 Å². The Balaban J connectivity index is 2.07. The number of hydrogen-bond donors (Lipinski definition) is 2. The van der Waals surface area contributed by atoms with Gasteiger partial charge in [-0.05, 0) is 24.6 Å². The highest BCUT2D eigenvalue weighted by Crippen LogP contribution is 2.20. The molecule has 1 aromatic rings. The quantitative estimate of drug-likeness (QED) is 0.824. The predicted molar refractivity (Wildman–Crippen MR) is 81.8 cm³/mol. The predicted octanol–water partition coefficient (Wildman–Crippen LogP) is 1.21. The zero-order valence-electron chi connectivity index (χ0n) is 11.5. The van der Waals surface area contributed by atoms with Gasteiger partial charge in [-0.15, -0.1) is 0 Å². The number of hydrogen-bond acceptors (Lipinski definition) is 3. The lowest BCUT2D eigenvalue weighted by Gasteiger charge is -2.15. The molecule has 6 heteroatoms. The highest BCUT2D eigenvalue weighted by molar-refractivity contribution is 6.30. The molecule has 21 heavy (non-hydrogen) atoms. The van der Waals surface area contributed by atoms with Crippen LogP contribution >= 0.6 is 11.6 Å². The van der Waals surface area contributed by atoms with E-state index in [0.717, 1.165) is 6.42 Å². The molecule has 0 unspecified atom stereocenters. The van der Waals surface area contributed by atoms with E-state index in [1.807, 2.05) is 0 Å². The molecular weight excluding hydrogens is 290 g/mol. The minimum Gasteiger partial charge on any atom is -0.333 e. The van der Waals surface area contributed by atoms with Crippen molar-refractivity contribution in [3.05, 3.63) is 28.8 Å². The van der Waals surface area contributed by atoms with Gasteiger partial charge in [-0.3, -0.25) is 9.59 Å². The van der Waals surface area contributed by atoms with Crippen LogP contribution in [0.4, 0.5) is 5.69 Å². The van der Waals surface area contributed by atoms with Gasteiger partial charge in [0.05, 0.1) is 18.8 Å². The fourth-order valence-corrected chi connectivity index (χ4v) is 2.28. The zero-order valence-corrected chi connectivity index (χ0v) is 12.2. The average molecular weight is 306 g/mol. The third-order valence-corrected chi connectivity index (χ3v) is 3.32. The van der Waals surface area contributed by atoms with E-state index >= 15 is 0 Å². The molecule has 2 rings (SSSR count). The van der Waals surface area contributed by atoms with Crippen LogP contribution in [-0.2, 0) is 9.59 Å². The SMILES string of the molecule is NCC#Cc1cc(Cl)ccc1NC(=O)CN1CCCC1=O. The molecule has 0 bridgehead atoms. The monoisotopic (exact) mass is 305 g/mol. The number of carbonyl (C=O) groups excluding carboxylic acids is 2. The summed E-state index contributed by atoms with van der Waals surface area (Å²) in [7, 11) is 0. The van der Waals surface area contributed by atoms with Gasteiger partial charge in [0.1, 0.15) is 0 Å². The van der Waals surface area contributed by atoms with E-state index < -0.39 is 0 Å². The first-order chi connectivity index (χ1) is 10.1. The van der Waals surface area contributed by atoms with Crippen molar-refractivity contribution >= 4 is 29.1 Å². The average Bonchev–Trinajstić information content (AvgIpc) is 2.84. The van der Waals surface area contributed by atoms with Gasteiger partial charge in [-0.2, -0.15) is 0 Å². The van der Waals surface area contributed by atoms with Crippen LogP contribution in [0.25, 0.3) is 0 Å². The van der Waals surface area contributed by atoms with Gasteiger partial charge >= 0.3 is 0 Å². The Labute approximate surface area is 128 Å². The van der Waals surface area contributed by atoms with E-state index in [-0.39, 0.29) is 24.9 Å². The smallest absolute Gasteiger partial charge is 0.244 e. The topological polar surface area (TPSA) is 75.4 Å². The molecule has 0 spiro atoms. The van der Waals surface area contributed by atoms with E-state index in [0.29, 0.717) is 29.2 Å². The highest BCUT2D eigenvalue weighted by Gasteiger charge is 2.22. The molecule has 0 saturated carbocycles. The van der Waals surface area contributed by atoms with E-state index in [1.54, 1.807) is 23.1 Å². The molecule has 1 aromatic carbocycles. The summed E-state index contributed by atoms with van der Waals surface area (Å²) in [5, 5.41) is 3.29. The molecule has 0 aromatic heterocycles. The lowest BCUT2D eigenvalue weighted by atomic mass is 10.2. The van der Waals surface area contributed by atoms with Crippen LogP contribution in [0.3, 0.4) is 0 Å². The summed E-state index contributed by atoms with van der Waals surface area (Å²) in [6.07, 6.45) is 1.32. The van der Waals surface area contributed by atoms with Crippen molar-refractivity contribution in [2.75, 3.05) is 25.0 Å². The summed E-state index contributed by atoms with van der Waals surface area (Å²) < 4.78 is 0. The second-order valence-electron chi connectivity index (χ2n) is 4.66. The summed E-state index contributed by atoms with van der Waals surface area (Å²) in [6.45, 7) is 0.917. The van der Waals surface area contributed by atoms with E-state index in [4.69, 9.17) is 17.3 Å². The first kappa shape index (κ1) is 15.4. The Morgan fingerprint density at radius 2 is 2.29 bits per heavy atom. The normalized spacial score (nSPS) is 13.8. The fourth-order valence-electron chi connectivity index (χ4n) is 2.11. The lowest BCUT2D eigenvalue weighted by Crippen LogP contribution is -2.34. The van der Waals surface area contributed by atoms with Crippen molar-refractivity contribution in [2.45, 2.75) is 12.8 Å². The van der Waals surface area contributed by atoms with Crippen LogP contribution in [-0.4, -0.2) is 36.3 Å². The van der Waals surface area contributed by atoms with E-state index in [1.165, 1.54) is 0 Å². The Kier molecular flexibility index (Phi) is 5.20. The number of rotatable bonds is 3. The van der Waals surface area contributed by atoms with E-state index in [9.17, 15) is 9.59 Å². The number of nitrogens with zero attached hydrogens (tertiary/aromatic N) is 1. The number of carbonyl (C=O) groups is 2. The maximum absolute atomic E-state index is 12.0. The van der Waals surface area contributed by atoms with Gasteiger partial charge in [0, 0.05) is 23.6 Å². The van der Waals surface area contributed by atoms with Crippen LogP contribution in [0.1, 0.15) is 18.4 Å². The Morgan fingerprint density at radius 1 is 1.48 bits per heavy atom.